The summed E-state index contributed by atoms with van der Waals surface area (Å²) in [5.41, 5.74) is 4.96. The molecule has 0 bridgehead atoms. The quantitative estimate of drug-likeness (QED) is 0.302. The summed E-state index contributed by atoms with van der Waals surface area (Å²) in [5, 5.41) is 23.4. The second kappa shape index (κ2) is 11.0. The maximum Gasteiger partial charge on any atom is 0.368 e. The van der Waals surface area contributed by atoms with E-state index in [0.717, 1.165) is 17.8 Å². The number of amides is 2. The molecule has 1 heterocycles. The average molecular weight is 470 g/mol. The van der Waals surface area contributed by atoms with Crippen molar-refractivity contribution in [3.05, 3.63) is 23.8 Å². The van der Waals surface area contributed by atoms with E-state index < -0.39 is 40.5 Å². The maximum absolute atomic E-state index is 12.7. The van der Waals surface area contributed by atoms with Crippen LogP contribution in [0, 0.1) is 5.41 Å². The Balaban J connectivity index is 2.07. The number of carbonyl (C=O) groups is 4. The Hall–Kier alpha value is -2.99. The SMILES string of the molecule is CC(C)(COC(=O)[C@@H](N)c1ccc(O)c(O)c1)[C@H]1OC(=O)SCCNC(=O)CCNC1=O. The summed E-state index contributed by atoms with van der Waals surface area (Å²) in [6.07, 6.45) is -1.22. The van der Waals surface area contributed by atoms with Crippen molar-refractivity contribution in [2.75, 3.05) is 25.4 Å². The molecule has 0 unspecified atom stereocenters. The summed E-state index contributed by atoms with van der Waals surface area (Å²) < 4.78 is 10.6. The van der Waals surface area contributed by atoms with Crippen LogP contribution in [0.3, 0.4) is 0 Å². The third-order valence-corrected chi connectivity index (χ3v) is 5.40. The summed E-state index contributed by atoms with van der Waals surface area (Å²) in [6.45, 7) is 3.19. The number of esters is 1. The molecule has 1 aromatic carbocycles. The molecule has 12 heteroatoms. The van der Waals surface area contributed by atoms with Crippen LogP contribution in [-0.2, 0) is 23.9 Å². The zero-order chi connectivity index (χ0) is 23.9. The number of hydrogen-bond donors (Lipinski definition) is 5. The normalized spacial score (nSPS) is 19.5. The fourth-order valence-corrected chi connectivity index (χ4v) is 3.33. The largest absolute Gasteiger partial charge is 0.504 e. The van der Waals surface area contributed by atoms with Crippen molar-refractivity contribution in [2.45, 2.75) is 32.4 Å². The van der Waals surface area contributed by atoms with Gasteiger partial charge in [-0.1, -0.05) is 19.9 Å². The van der Waals surface area contributed by atoms with E-state index in [2.05, 4.69) is 10.6 Å². The number of ether oxygens (including phenoxy) is 2. The summed E-state index contributed by atoms with van der Waals surface area (Å²) in [6, 6.07) is 2.44. The number of aromatic hydroxyl groups is 2. The Morgan fingerprint density at radius 1 is 1.25 bits per heavy atom. The monoisotopic (exact) mass is 469 g/mol. The molecule has 176 valence electrons. The van der Waals surface area contributed by atoms with Crippen molar-refractivity contribution in [3.8, 4) is 11.5 Å². The van der Waals surface area contributed by atoms with Crippen molar-refractivity contribution in [1.29, 1.82) is 0 Å². The average Bonchev–Trinajstić information content (AvgIpc) is 2.73. The predicted octanol–water partition coefficient (Wildman–Crippen LogP) is 0.541. The van der Waals surface area contributed by atoms with Gasteiger partial charge in [-0.2, -0.15) is 0 Å². The van der Waals surface area contributed by atoms with Gasteiger partial charge in [0.05, 0.1) is 0 Å². The molecule has 1 fully saturated rings. The van der Waals surface area contributed by atoms with Gasteiger partial charge in [-0.25, -0.2) is 9.59 Å². The standard InChI is InChI=1S/C20H27N3O8S/c1-20(2,10-30-18(28)15(21)11-3-4-12(24)13(25)9-11)16-17(27)23-6-5-14(26)22-7-8-32-19(29)31-16/h3-4,9,15-16,24-25H,5-8,10,21H2,1-2H3,(H,22,26)(H,23,27)/t15-,16-/m0/s1. The van der Waals surface area contributed by atoms with Crippen LogP contribution in [0.4, 0.5) is 4.79 Å². The van der Waals surface area contributed by atoms with E-state index in [9.17, 15) is 29.4 Å². The molecule has 11 nitrogen and oxygen atoms in total. The predicted molar refractivity (Wildman–Crippen MR) is 115 cm³/mol. The molecule has 0 radical (unpaired) electrons. The topological polar surface area (TPSA) is 177 Å². The summed E-state index contributed by atoms with van der Waals surface area (Å²) in [7, 11) is 0. The van der Waals surface area contributed by atoms with Gasteiger partial charge in [0.15, 0.2) is 17.6 Å². The molecule has 2 amide bonds. The van der Waals surface area contributed by atoms with Gasteiger partial charge < -0.3 is 36.1 Å². The van der Waals surface area contributed by atoms with E-state index in [1.165, 1.54) is 12.1 Å². The molecule has 1 aliphatic heterocycles. The first-order valence-electron chi connectivity index (χ1n) is 9.83. The Labute approximate surface area is 189 Å². The highest BCUT2D eigenvalue weighted by Gasteiger charge is 2.40. The maximum atomic E-state index is 12.7. The molecule has 32 heavy (non-hydrogen) atoms. The number of nitrogens with two attached hydrogens (primary N) is 1. The molecule has 1 aliphatic rings. The first-order chi connectivity index (χ1) is 15.0. The van der Waals surface area contributed by atoms with Gasteiger partial charge in [-0.15, -0.1) is 0 Å². The zero-order valence-electron chi connectivity index (χ0n) is 17.8. The number of rotatable bonds is 5. The number of hydrogen-bond acceptors (Lipinski definition) is 10. The van der Waals surface area contributed by atoms with Crippen LogP contribution in [-0.4, -0.2) is 64.9 Å². The molecule has 0 aromatic heterocycles. The van der Waals surface area contributed by atoms with Gasteiger partial charge in [0.25, 0.3) is 5.91 Å². The van der Waals surface area contributed by atoms with Crippen molar-refractivity contribution in [3.63, 3.8) is 0 Å². The number of carbonyl (C=O) groups excluding carboxylic acids is 4. The number of benzene rings is 1. The minimum absolute atomic E-state index is 0.0525. The second-order valence-electron chi connectivity index (χ2n) is 7.81. The summed E-state index contributed by atoms with van der Waals surface area (Å²) in [5.74, 6) is -2.23. The summed E-state index contributed by atoms with van der Waals surface area (Å²) in [4.78, 5) is 48.9. The lowest BCUT2D eigenvalue weighted by atomic mass is 9.86. The first-order valence-corrected chi connectivity index (χ1v) is 10.8. The van der Waals surface area contributed by atoms with Gasteiger partial charge in [-0.05, 0) is 29.5 Å². The highest BCUT2D eigenvalue weighted by Crippen LogP contribution is 2.29. The van der Waals surface area contributed by atoms with Gasteiger partial charge in [0, 0.05) is 30.7 Å². The van der Waals surface area contributed by atoms with Crippen LogP contribution in [0.15, 0.2) is 18.2 Å². The minimum atomic E-state index is -1.29. The molecule has 0 aliphatic carbocycles. The second-order valence-corrected chi connectivity index (χ2v) is 8.84. The molecule has 0 saturated carbocycles. The third kappa shape index (κ3) is 7.02. The van der Waals surface area contributed by atoms with E-state index in [1.807, 2.05) is 0 Å². The van der Waals surface area contributed by atoms with E-state index in [-0.39, 0.29) is 49.1 Å². The van der Waals surface area contributed by atoms with Crippen LogP contribution in [0.5, 0.6) is 11.5 Å². The molecular formula is C20H27N3O8S. The lowest BCUT2D eigenvalue weighted by molar-refractivity contribution is -0.154. The number of cyclic esters (lactones) is 1. The number of phenols is 2. The van der Waals surface area contributed by atoms with E-state index in [1.54, 1.807) is 13.8 Å². The number of phenolic OH excluding ortho intramolecular Hbond substituents is 2. The molecule has 1 aromatic rings. The van der Waals surface area contributed by atoms with E-state index >= 15 is 0 Å². The van der Waals surface area contributed by atoms with Crippen molar-refractivity contribution >= 4 is 34.8 Å². The highest BCUT2D eigenvalue weighted by atomic mass is 32.2. The first kappa shape index (κ1) is 25.3. The van der Waals surface area contributed by atoms with Crippen molar-refractivity contribution < 1.29 is 38.9 Å². The molecule has 2 atom stereocenters. The lowest BCUT2D eigenvalue weighted by Gasteiger charge is -2.32. The van der Waals surface area contributed by atoms with Crippen LogP contribution in [0.2, 0.25) is 0 Å². The minimum Gasteiger partial charge on any atom is -0.504 e. The van der Waals surface area contributed by atoms with Crippen molar-refractivity contribution in [1.82, 2.24) is 10.6 Å². The van der Waals surface area contributed by atoms with Gasteiger partial charge in [0.2, 0.25) is 5.91 Å². The molecular weight excluding hydrogens is 442 g/mol. The fourth-order valence-electron chi connectivity index (χ4n) is 2.80. The Morgan fingerprint density at radius 3 is 2.66 bits per heavy atom. The van der Waals surface area contributed by atoms with E-state index in [4.69, 9.17) is 15.2 Å². The zero-order valence-corrected chi connectivity index (χ0v) is 18.6. The smallest absolute Gasteiger partial charge is 0.368 e. The van der Waals surface area contributed by atoms with E-state index in [0.29, 0.717) is 0 Å². The van der Waals surface area contributed by atoms with Crippen LogP contribution in [0.1, 0.15) is 31.9 Å². The third-order valence-electron chi connectivity index (χ3n) is 4.66. The van der Waals surface area contributed by atoms with Crippen molar-refractivity contribution in [2.24, 2.45) is 11.1 Å². The van der Waals surface area contributed by atoms with Gasteiger partial charge in [-0.3, -0.25) is 9.59 Å². The summed E-state index contributed by atoms with van der Waals surface area (Å²) >= 11 is 0.816. The molecule has 2 rings (SSSR count). The van der Waals surface area contributed by atoms with Crippen LogP contribution < -0.4 is 16.4 Å². The number of thioether (sulfide) groups is 1. The van der Waals surface area contributed by atoms with Crippen LogP contribution >= 0.6 is 11.8 Å². The van der Waals surface area contributed by atoms with Crippen LogP contribution in [0.25, 0.3) is 0 Å². The lowest BCUT2D eigenvalue weighted by Crippen LogP contribution is -2.49. The Kier molecular flexibility index (Phi) is 8.72. The van der Waals surface area contributed by atoms with Gasteiger partial charge >= 0.3 is 11.3 Å². The molecule has 6 N–H and O–H groups in total. The fraction of sp³-hybridized carbons (Fsp3) is 0.500. The highest BCUT2D eigenvalue weighted by molar-refractivity contribution is 8.13. The Bertz CT molecular complexity index is 876. The molecule has 1 saturated heterocycles. The number of nitrogens with one attached hydrogen (secondary N) is 2. The van der Waals surface area contributed by atoms with Gasteiger partial charge in [0.1, 0.15) is 12.6 Å². The molecule has 0 spiro atoms. The Morgan fingerprint density at radius 2 is 1.97 bits per heavy atom.